The Labute approximate surface area is 159 Å². The van der Waals surface area contributed by atoms with Crippen LogP contribution in [0.5, 0.6) is 0 Å². The van der Waals surface area contributed by atoms with Crippen LogP contribution in [-0.2, 0) is 0 Å². The van der Waals surface area contributed by atoms with Crippen LogP contribution in [0.4, 0.5) is 13.2 Å². The number of aromatic nitrogens is 1. The van der Waals surface area contributed by atoms with Crippen LogP contribution < -0.4 is 10.6 Å². The second-order valence-electron chi connectivity index (χ2n) is 6.41. The molecule has 27 heavy (non-hydrogen) atoms. The van der Waals surface area contributed by atoms with Crippen LogP contribution in [0, 0.1) is 6.92 Å². The van der Waals surface area contributed by atoms with E-state index in [0.29, 0.717) is 31.2 Å². The van der Waals surface area contributed by atoms with Crippen LogP contribution in [0.3, 0.4) is 0 Å². The number of nitrogens with one attached hydrogen (secondary N) is 2. The van der Waals surface area contributed by atoms with Gasteiger partial charge in [0.25, 0.3) is 5.91 Å². The van der Waals surface area contributed by atoms with Gasteiger partial charge in [-0.2, -0.15) is 13.2 Å². The number of rotatable bonds is 5. The summed E-state index contributed by atoms with van der Waals surface area (Å²) in [6.45, 7) is 3.07. The van der Waals surface area contributed by atoms with E-state index >= 15 is 0 Å². The van der Waals surface area contributed by atoms with Crippen LogP contribution in [0.25, 0.3) is 10.6 Å². The van der Waals surface area contributed by atoms with E-state index in [2.05, 4.69) is 15.6 Å². The van der Waals surface area contributed by atoms with Crippen molar-refractivity contribution < 1.29 is 18.0 Å². The number of amides is 1. The lowest BCUT2D eigenvalue weighted by Crippen LogP contribution is -2.57. The number of carbonyl (C=O) groups is 1. The quantitative estimate of drug-likeness (QED) is 0.813. The lowest BCUT2D eigenvalue weighted by Gasteiger charge is -2.35. The van der Waals surface area contributed by atoms with Gasteiger partial charge in [0, 0.05) is 43.7 Å². The number of nitrogens with zero attached hydrogens (tertiary/aromatic N) is 2. The predicted octanol–water partition coefficient (Wildman–Crippen LogP) is 2.68. The van der Waals surface area contributed by atoms with Crippen molar-refractivity contribution in [3.05, 3.63) is 40.9 Å². The van der Waals surface area contributed by atoms with Gasteiger partial charge >= 0.3 is 6.18 Å². The van der Waals surface area contributed by atoms with Gasteiger partial charge < -0.3 is 10.6 Å². The fraction of sp³-hybridized carbons (Fsp3) is 0.444. The molecule has 0 spiro atoms. The zero-order valence-electron chi connectivity index (χ0n) is 14.8. The minimum absolute atomic E-state index is 0.138. The zero-order chi connectivity index (χ0) is 19.4. The first-order chi connectivity index (χ1) is 12.9. The molecule has 2 N–H and O–H groups in total. The van der Waals surface area contributed by atoms with Gasteiger partial charge in [0.1, 0.15) is 16.7 Å². The highest BCUT2D eigenvalue weighted by atomic mass is 32.1. The normalized spacial score (nSPS) is 16.9. The van der Waals surface area contributed by atoms with E-state index in [9.17, 15) is 18.0 Å². The van der Waals surface area contributed by atoms with Gasteiger partial charge in [0.15, 0.2) is 0 Å². The molecular weight excluding hydrogens is 377 g/mol. The third kappa shape index (κ3) is 4.85. The minimum atomic E-state index is -4.40. The number of alkyl halides is 3. The number of thiazole rings is 1. The van der Waals surface area contributed by atoms with Gasteiger partial charge in [0.05, 0.1) is 0 Å². The van der Waals surface area contributed by atoms with Gasteiger partial charge in [-0.05, 0) is 12.5 Å². The Morgan fingerprint density at radius 3 is 2.70 bits per heavy atom. The van der Waals surface area contributed by atoms with Gasteiger partial charge in [-0.1, -0.05) is 24.3 Å². The van der Waals surface area contributed by atoms with E-state index in [-0.39, 0.29) is 5.69 Å². The summed E-state index contributed by atoms with van der Waals surface area (Å²) < 4.78 is 40.2. The Morgan fingerprint density at radius 1 is 1.33 bits per heavy atom. The largest absolute Gasteiger partial charge is 0.405 e. The molecule has 2 heterocycles. The van der Waals surface area contributed by atoms with Crippen LogP contribution in [0.2, 0.25) is 0 Å². The van der Waals surface area contributed by atoms with Crippen molar-refractivity contribution in [1.29, 1.82) is 0 Å². The molecule has 1 aromatic heterocycles. The van der Waals surface area contributed by atoms with Gasteiger partial charge in [-0.3, -0.25) is 9.69 Å². The van der Waals surface area contributed by atoms with Crippen LogP contribution in [-0.4, -0.2) is 60.7 Å². The lowest BCUT2D eigenvalue weighted by molar-refractivity contribution is -0.183. The van der Waals surface area contributed by atoms with Crippen LogP contribution in [0.1, 0.15) is 16.1 Å². The molecule has 1 atom stereocenters. The van der Waals surface area contributed by atoms with Crippen LogP contribution in [0.15, 0.2) is 29.6 Å². The molecule has 5 nitrogen and oxygen atoms in total. The SMILES string of the molecule is Cc1ccccc1-c1nc(C(=O)NCC(N2CCNCC2)C(F)(F)F)cs1. The molecular formula is C18H21F3N4OS. The van der Waals surface area contributed by atoms with Crippen molar-refractivity contribution in [1.82, 2.24) is 20.5 Å². The fourth-order valence-electron chi connectivity index (χ4n) is 3.04. The standard InChI is InChI=1S/C18H21F3N4OS/c1-12-4-2-3-5-13(12)17-24-14(11-27-17)16(26)23-10-15(18(19,20)21)25-8-6-22-7-9-25/h2-5,11,15,22H,6-10H2,1H3,(H,23,26). The summed E-state index contributed by atoms with van der Waals surface area (Å²) in [7, 11) is 0. The van der Waals surface area contributed by atoms with E-state index in [0.717, 1.165) is 11.1 Å². The Balaban J connectivity index is 1.67. The molecule has 1 aromatic carbocycles. The van der Waals surface area contributed by atoms with Gasteiger partial charge in [0.2, 0.25) is 0 Å². The molecule has 1 aliphatic rings. The summed E-state index contributed by atoms with van der Waals surface area (Å²) >= 11 is 1.30. The maximum Gasteiger partial charge on any atom is 0.405 e. The third-order valence-corrected chi connectivity index (χ3v) is 5.41. The molecule has 0 bridgehead atoms. The van der Waals surface area contributed by atoms with E-state index < -0.39 is 24.7 Å². The summed E-state index contributed by atoms with van der Waals surface area (Å²) in [5.41, 5.74) is 2.07. The minimum Gasteiger partial charge on any atom is -0.349 e. The maximum absolute atomic E-state index is 13.4. The number of piperazine rings is 1. The molecule has 2 aromatic rings. The summed E-state index contributed by atoms with van der Waals surface area (Å²) in [5.74, 6) is -0.588. The fourth-order valence-corrected chi connectivity index (χ4v) is 3.93. The molecule has 1 aliphatic heterocycles. The first-order valence-electron chi connectivity index (χ1n) is 8.67. The Kier molecular flexibility index (Phi) is 6.13. The number of carbonyl (C=O) groups excluding carboxylic acids is 1. The second-order valence-corrected chi connectivity index (χ2v) is 7.26. The highest BCUT2D eigenvalue weighted by Crippen LogP contribution is 2.27. The molecule has 1 saturated heterocycles. The average molecular weight is 398 g/mol. The number of hydrogen-bond acceptors (Lipinski definition) is 5. The molecule has 0 radical (unpaired) electrons. The molecule has 1 fully saturated rings. The van der Waals surface area contributed by atoms with E-state index in [1.807, 2.05) is 31.2 Å². The predicted molar refractivity (Wildman–Crippen MR) is 98.9 cm³/mol. The highest BCUT2D eigenvalue weighted by Gasteiger charge is 2.43. The Hall–Kier alpha value is -1.97. The van der Waals surface area contributed by atoms with Crippen molar-refractivity contribution in [2.75, 3.05) is 32.7 Å². The number of halogens is 3. The van der Waals surface area contributed by atoms with Crippen molar-refractivity contribution in [2.24, 2.45) is 0 Å². The molecule has 1 unspecified atom stereocenters. The van der Waals surface area contributed by atoms with Crippen LogP contribution >= 0.6 is 11.3 Å². The summed E-state index contributed by atoms with van der Waals surface area (Å²) in [6, 6.07) is 5.94. The Morgan fingerprint density at radius 2 is 2.04 bits per heavy atom. The summed E-state index contributed by atoms with van der Waals surface area (Å²) in [5, 5.41) is 7.68. The number of benzene rings is 1. The molecule has 3 rings (SSSR count). The van der Waals surface area contributed by atoms with Crippen molar-refractivity contribution in [2.45, 2.75) is 19.1 Å². The van der Waals surface area contributed by atoms with Gasteiger partial charge in [-0.25, -0.2) is 4.98 Å². The molecule has 0 aliphatic carbocycles. The van der Waals surface area contributed by atoms with E-state index in [1.165, 1.54) is 16.2 Å². The summed E-state index contributed by atoms with van der Waals surface area (Å²) in [4.78, 5) is 18.0. The maximum atomic E-state index is 13.4. The third-order valence-electron chi connectivity index (χ3n) is 4.54. The van der Waals surface area contributed by atoms with Gasteiger partial charge in [-0.15, -0.1) is 11.3 Å². The van der Waals surface area contributed by atoms with Crippen molar-refractivity contribution >= 4 is 17.2 Å². The first kappa shape index (κ1) is 19.8. The number of hydrogen-bond donors (Lipinski definition) is 2. The summed E-state index contributed by atoms with van der Waals surface area (Å²) in [6.07, 6.45) is -4.40. The molecule has 9 heteroatoms. The monoisotopic (exact) mass is 398 g/mol. The Bertz CT molecular complexity index is 787. The van der Waals surface area contributed by atoms with E-state index in [4.69, 9.17) is 0 Å². The molecule has 1 amide bonds. The molecule has 146 valence electrons. The average Bonchev–Trinajstić information content (AvgIpc) is 3.12. The first-order valence-corrected chi connectivity index (χ1v) is 9.55. The zero-order valence-corrected chi connectivity index (χ0v) is 15.7. The lowest BCUT2D eigenvalue weighted by atomic mass is 10.1. The molecule has 0 saturated carbocycles. The van der Waals surface area contributed by atoms with Crippen molar-refractivity contribution in [3.8, 4) is 10.6 Å². The van der Waals surface area contributed by atoms with E-state index in [1.54, 1.807) is 5.38 Å². The van der Waals surface area contributed by atoms with Crippen molar-refractivity contribution in [3.63, 3.8) is 0 Å². The topological polar surface area (TPSA) is 57.3 Å². The second kappa shape index (κ2) is 8.37. The highest BCUT2D eigenvalue weighted by molar-refractivity contribution is 7.13. The smallest absolute Gasteiger partial charge is 0.349 e. The number of aryl methyl sites for hydroxylation is 1.